The van der Waals surface area contributed by atoms with Gasteiger partial charge in [0.2, 0.25) is 0 Å². The minimum atomic E-state index is -0.0833. The largest absolute Gasteiger partial charge is 0.330 e. The molecule has 0 aromatic heterocycles. The zero-order valence-electron chi connectivity index (χ0n) is 37.0. The molecule has 0 saturated heterocycles. The highest BCUT2D eigenvalue weighted by atomic mass is 35.5. The predicted molar refractivity (Wildman–Crippen MR) is 253 cm³/mol. The van der Waals surface area contributed by atoms with Crippen LogP contribution in [-0.4, -0.2) is 6.04 Å². The maximum atomic E-state index is 6.71. The number of aryl methyl sites for hydroxylation is 1. The maximum Gasteiger partial charge on any atom is 0.0715 e. The first kappa shape index (κ1) is 41.4. The number of benzene rings is 5. The molecule has 1 unspecified atom stereocenters. The van der Waals surface area contributed by atoms with E-state index < -0.39 is 0 Å². The molecule has 2 nitrogen and oxygen atoms in total. The Bertz CT molecular complexity index is 2410. The van der Waals surface area contributed by atoms with Crippen molar-refractivity contribution >= 4 is 34.4 Å². The van der Waals surface area contributed by atoms with Crippen LogP contribution in [0.1, 0.15) is 117 Å². The smallest absolute Gasteiger partial charge is 0.0715 e. The number of allylic oxidation sites excluding steroid dienone is 3. The molecule has 0 heterocycles. The van der Waals surface area contributed by atoms with Gasteiger partial charge in [-0.25, -0.2) is 0 Å². The third kappa shape index (κ3) is 8.37. The number of hydrogen-bond acceptors (Lipinski definition) is 2. The Morgan fingerprint density at radius 2 is 1.26 bits per heavy atom. The van der Waals surface area contributed by atoms with Crippen LogP contribution in [-0.2, 0) is 21.7 Å². The molecular weight excluding hydrogens is 724 g/mol. The van der Waals surface area contributed by atoms with E-state index in [1.54, 1.807) is 0 Å². The van der Waals surface area contributed by atoms with Gasteiger partial charge in [0.1, 0.15) is 0 Å². The number of fused-ring (bicyclic) bond motifs is 1. The zero-order valence-corrected chi connectivity index (χ0v) is 37.7. The molecule has 0 saturated carbocycles. The van der Waals surface area contributed by atoms with Crippen LogP contribution in [0.15, 0.2) is 145 Å². The molecule has 7 rings (SSSR count). The molecule has 0 N–H and O–H groups in total. The monoisotopic (exact) mass is 786 g/mol. The summed E-state index contributed by atoms with van der Waals surface area (Å²) in [5.41, 5.74) is 16.3. The van der Waals surface area contributed by atoms with Gasteiger partial charge in [-0.3, -0.25) is 0 Å². The van der Waals surface area contributed by atoms with Crippen LogP contribution < -0.4 is 9.80 Å². The third-order valence-corrected chi connectivity index (χ3v) is 12.8. The summed E-state index contributed by atoms with van der Waals surface area (Å²) in [5.74, 6) is 0. The Morgan fingerprint density at radius 3 is 1.90 bits per heavy atom. The first-order chi connectivity index (χ1) is 27.2. The van der Waals surface area contributed by atoms with E-state index in [-0.39, 0.29) is 27.7 Å². The lowest BCUT2D eigenvalue weighted by Crippen LogP contribution is -2.35. The molecule has 2 aliphatic rings. The number of nitrogens with zero attached hydrogens (tertiary/aromatic N) is 2. The van der Waals surface area contributed by atoms with Crippen LogP contribution in [0.2, 0.25) is 5.02 Å². The minimum Gasteiger partial charge on any atom is -0.330 e. The van der Waals surface area contributed by atoms with Crippen molar-refractivity contribution in [2.75, 3.05) is 9.80 Å². The highest BCUT2D eigenvalue weighted by molar-refractivity contribution is 6.30. The van der Waals surface area contributed by atoms with E-state index in [9.17, 15) is 0 Å². The van der Waals surface area contributed by atoms with Gasteiger partial charge in [-0.1, -0.05) is 159 Å². The Hall–Kier alpha value is -4.79. The van der Waals surface area contributed by atoms with Gasteiger partial charge in [-0.05, 0) is 142 Å². The molecule has 0 amide bonds. The van der Waals surface area contributed by atoms with Crippen molar-refractivity contribution < 1.29 is 0 Å². The van der Waals surface area contributed by atoms with Crippen LogP contribution in [0.5, 0.6) is 0 Å². The van der Waals surface area contributed by atoms with Crippen molar-refractivity contribution in [3.8, 4) is 11.1 Å². The molecule has 2 aliphatic carbocycles. The summed E-state index contributed by atoms with van der Waals surface area (Å²) in [6.07, 6.45) is 11.8. The van der Waals surface area contributed by atoms with Crippen LogP contribution in [0.4, 0.5) is 22.7 Å². The van der Waals surface area contributed by atoms with Gasteiger partial charge in [0.05, 0.1) is 6.04 Å². The molecule has 5 aromatic carbocycles. The summed E-state index contributed by atoms with van der Waals surface area (Å²) in [6.45, 7) is 27.9. The number of rotatable bonds is 7. The second-order valence-corrected chi connectivity index (χ2v) is 20.5. The predicted octanol–water partition coefficient (Wildman–Crippen LogP) is 16.0. The lowest BCUT2D eigenvalue weighted by atomic mass is 9.63. The van der Waals surface area contributed by atoms with Gasteiger partial charge >= 0.3 is 0 Å². The lowest BCUT2D eigenvalue weighted by Gasteiger charge is -2.43. The fourth-order valence-corrected chi connectivity index (χ4v) is 9.01. The van der Waals surface area contributed by atoms with Crippen molar-refractivity contribution in [1.29, 1.82) is 0 Å². The summed E-state index contributed by atoms with van der Waals surface area (Å²) >= 11 is 6.71. The summed E-state index contributed by atoms with van der Waals surface area (Å²) in [7, 11) is 0. The lowest BCUT2D eigenvalue weighted by molar-refractivity contribution is 0.332. The molecule has 0 aliphatic heterocycles. The minimum absolute atomic E-state index is 0.00113. The quantitative estimate of drug-likeness (QED) is 0.162. The van der Waals surface area contributed by atoms with E-state index in [1.165, 1.54) is 62.3 Å². The van der Waals surface area contributed by atoms with Gasteiger partial charge < -0.3 is 9.80 Å². The van der Waals surface area contributed by atoms with Crippen molar-refractivity contribution in [3.05, 3.63) is 178 Å². The highest BCUT2D eigenvalue weighted by Gasteiger charge is 2.38. The molecular formula is C55H63ClN2. The highest BCUT2D eigenvalue weighted by Crippen LogP contribution is 2.49. The number of halogens is 1. The molecule has 3 heteroatoms. The van der Waals surface area contributed by atoms with Crippen molar-refractivity contribution in [1.82, 2.24) is 0 Å². The summed E-state index contributed by atoms with van der Waals surface area (Å²) in [5, 5.41) is 0.714. The molecule has 0 fully saturated rings. The van der Waals surface area contributed by atoms with E-state index in [0.29, 0.717) is 5.02 Å². The Labute approximate surface area is 355 Å². The third-order valence-electron chi connectivity index (χ3n) is 12.5. The van der Waals surface area contributed by atoms with E-state index in [0.717, 1.165) is 23.5 Å². The van der Waals surface area contributed by atoms with E-state index in [2.05, 4.69) is 214 Å². The molecule has 300 valence electrons. The molecule has 0 bridgehead atoms. The van der Waals surface area contributed by atoms with Crippen LogP contribution in [0, 0.1) is 6.92 Å². The second kappa shape index (κ2) is 15.4. The first-order valence-corrected chi connectivity index (χ1v) is 21.5. The summed E-state index contributed by atoms with van der Waals surface area (Å²) in [6, 6.07) is 40.4. The van der Waals surface area contributed by atoms with Crippen LogP contribution in [0.25, 0.3) is 11.1 Å². The Morgan fingerprint density at radius 1 is 0.621 bits per heavy atom. The SMILES string of the molecule is CC1=CC(N(c2ccc3c(c2)C(C)(C)CCC3(C)C)c2ccc(C(C)(C)C)cc2-c2ccccc2)C=CC(N(c2cccc(Cl)c2)c2ccc(C(C)(C)C)cc2C)=C1. The van der Waals surface area contributed by atoms with Gasteiger partial charge in [-0.15, -0.1) is 0 Å². The van der Waals surface area contributed by atoms with E-state index >= 15 is 0 Å². The van der Waals surface area contributed by atoms with Gasteiger partial charge in [0.15, 0.2) is 0 Å². The summed E-state index contributed by atoms with van der Waals surface area (Å²) in [4.78, 5) is 4.95. The van der Waals surface area contributed by atoms with Crippen molar-refractivity contribution in [2.24, 2.45) is 0 Å². The first-order valence-electron chi connectivity index (χ1n) is 21.1. The van der Waals surface area contributed by atoms with E-state index in [1.807, 2.05) is 12.1 Å². The van der Waals surface area contributed by atoms with Gasteiger partial charge in [0.25, 0.3) is 0 Å². The van der Waals surface area contributed by atoms with Crippen LogP contribution in [0.3, 0.4) is 0 Å². The molecule has 1 atom stereocenters. The normalized spacial score (nSPS) is 17.5. The topological polar surface area (TPSA) is 6.48 Å². The fraction of sp³-hybridized carbons (Fsp3) is 0.345. The maximum absolute atomic E-state index is 6.71. The molecule has 58 heavy (non-hydrogen) atoms. The average Bonchev–Trinajstić information content (AvgIpc) is 3.35. The average molecular weight is 788 g/mol. The standard InChI is InChI=1S/C55H63ClN2/c1-37-31-44(57(43-20-16-19-42(56)35-43)50-27-21-40(33-38(50)2)52(3,4)5)23-24-45(32-37)58(46-25-26-48-49(36-46)55(11,12)30-29-54(48,9)10)51-28-22-41(53(6,7)8)34-47(51)39-17-14-13-15-18-39/h13-28,31-36,45H,29-30H2,1-12H3. The van der Waals surface area contributed by atoms with Gasteiger partial charge in [-0.2, -0.15) is 0 Å². The zero-order chi connectivity index (χ0) is 41.8. The van der Waals surface area contributed by atoms with Crippen molar-refractivity contribution in [2.45, 2.75) is 124 Å². The second-order valence-electron chi connectivity index (χ2n) is 20.1. The Kier molecular flexibility index (Phi) is 11.0. The molecule has 5 aromatic rings. The van der Waals surface area contributed by atoms with Gasteiger partial charge in [0, 0.05) is 39.0 Å². The van der Waals surface area contributed by atoms with E-state index in [4.69, 9.17) is 11.6 Å². The fourth-order valence-electron chi connectivity index (χ4n) is 8.83. The molecule has 0 spiro atoms. The summed E-state index contributed by atoms with van der Waals surface area (Å²) < 4.78 is 0. The number of anilines is 4. The molecule has 0 radical (unpaired) electrons. The Balaban J connectivity index is 1.43. The number of hydrogen-bond donors (Lipinski definition) is 0. The van der Waals surface area contributed by atoms with Crippen molar-refractivity contribution in [3.63, 3.8) is 0 Å². The van der Waals surface area contributed by atoms with Crippen LogP contribution >= 0.6 is 11.6 Å².